The van der Waals surface area contributed by atoms with Crippen LogP contribution in [-0.4, -0.2) is 44.6 Å². The Morgan fingerprint density at radius 2 is 2.19 bits per heavy atom. The molecule has 0 spiro atoms. The molecule has 2 atom stereocenters. The minimum Gasteiger partial charge on any atom is -0.369 e. The van der Waals surface area contributed by atoms with Gasteiger partial charge in [0.2, 0.25) is 0 Å². The van der Waals surface area contributed by atoms with Crippen LogP contribution in [0.2, 0.25) is 5.02 Å². The van der Waals surface area contributed by atoms with Crippen molar-refractivity contribution in [2.24, 2.45) is 5.92 Å². The zero-order valence-electron chi connectivity index (χ0n) is 15.4. The van der Waals surface area contributed by atoms with Gasteiger partial charge in [-0.2, -0.15) is 14.6 Å². The number of anilines is 1. The molecule has 1 aliphatic rings. The summed E-state index contributed by atoms with van der Waals surface area (Å²) in [6.45, 7) is 3.79. The summed E-state index contributed by atoms with van der Waals surface area (Å²) >= 11 is 5.85. The average Bonchev–Trinajstić information content (AvgIpc) is 3.28. The highest BCUT2D eigenvalue weighted by Gasteiger charge is 2.33. The number of aryl methyl sites for hydroxylation is 1. The smallest absolute Gasteiger partial charge is 0.254 e. The van der Waals surface area contributed by atoms with E-state index in [1.54, 1.807) is 16.6 Å². The third-order valence-corrected chi connectivity index (χ3v) is 5.58. The second-order valence-corrected chi connectivity index (χ2v) is 7.39. The molecule has 0 bridgehead atoms. The summed E-state index contributed by atoms with van der Waals surface area (Å²) in [5, 5.41) is 7.93. The first-order valence-electron chi connectivity index (χ1n) is 9.15. The van der Waals surface area contributed by atoms with Crippen molar-refractivity contribution in [1.82, 2.24) is 24.5 Å². The van der Waals surface area contributed by atoms with Crippen LogP contribution in [0.1, 0.15) is 30.6 Å². The Labute approximate surface area is 162 Å². The Hall–Kier alpha value is -2.25. The number of nitrogens with zero attached hydrogens (tertiary/aromatic N) is 5. The van der Waals surface area contributed by atoms with Crippen molar-refractivity contribution in [2.75, 3.05) is 25.5 Å². The maximum absolute atomic E-state index is 14.0. The molecule has 3 heterocycles. The highest BCUT2D eigenvalue weighted by atomic mass is 35.5. The normalized spacial score (nSPS) is 20.4. The standard InChI is InChI=1S/C19H22ClFN6/c1-3-14-9-17(27-19(25-14)23-11-24-27)22-10-13-6-7-26(2)18(13)12-4-5-15(20)16(21)8-12/h4-5,8-9,11,13,18,22H,3,6-7,10H2,1-2H3. The van der Waals surface area contributed by atoms with Crippen LogP contribution in [0.25, 0.3) is 5.78 Å². The van der Waals surface area contributed by atoms with E-state index in [-0.39, 0.29) is 16.9 Å². The molecule has 2 unspecified atom stereocenters. The largest absolute Gasteiger partial charge is 0.369 e. The van der Waals surface area contributed by atoms with Crippen molar-refractivity contribution in [3.8, 4) is 0 Å². The van der Waals surface area contributed by atoms with Crippen LogP contribution in [0.3, 0.4) is 0 Å². The molecule has 0 aliphatic carbocycles. The Kier molecular flexibility index (Phi) is 4.97. The molecular weight excluding hydrogens is 367 g/mol. The number of hydrogen-bond donors (Lipinski definition) is 1. The number of benzene rings is 1. The van der Waals surface area contributed by atoms with E-state index in [0.717, 1.165) is 43.0 Å². The van der Waals surface area contributed by atoms with Gasteiger partial charge >= 0.3 is 0 Å². The lowest BCUT2D eigenvalue weighted by Gasteiger charge is -2.26. The Morgan fingerprint density at radius 1 is 1.33 bits per heavy atom. The second-order valence-electron chi connectivity index (χ2n) is 6.99. The summed E-state index contributed by atoms with van der Waals surface area (Å²) in [6, 6.07) is 7.26. The quantitative estimate of drug-likeness (QED) is 0.723. The molecule has 27 heavy (non-hydrogen) atoms. The van der Waals surface area contributed by atoms with E-state index in [0.29, 0.717) is 11.7 Å². The number of nitrogens with one attached hydrogen (secondary N) is 1. The van der Waals surface area contributed by atoms with Crippen molar-refractivity contribution >= 4 is 23.2 Å². The van der Waals surface area contributed by atoms with E-state index < -0.39 is 0 Å². The first kappa shape index (κ1) is 18.1. The molecule has 0 saturated carbocycles. The highest BCUT2D eigenvalue weighted by Crippen LogP contribution is 2.37. The van der Waals surface area contributed by atoms with Crippen molar-refractivity contribution in [3.05, 3.63) is 52.7 Å². The van der Waals surface area contributed by atoms with E-state index in [1.807, 2.05) is 12.1 Å². The summed E-state index contributed by atoms with van der Waals surface area (Å²) < 4.78 is 15.7. The van der Waals surface area contributed by atoms with Gasteiger partial charge in [-0.15, -0.1) is 0 Å². The molecule has 0 radical (unpaired) electrons. The molecule has 2 aromatic heterocycles. The molecule has 4 rings (SSSR count). The van der Waals surface area contributed by atoms with Gasteiger partial charge in [-0.1, -0.05) is 24.6 Å². The zero-order valence-corrected chi connectivity index (χ0v) is 16.1. The Bertz CT molecular complexity index is 959. The van der Waals surface area contributed by atoms with Crippen LogP contribution in [0.4, 0.5) is 10.2 Å². The van der Waals surface area contributed by atoms with E-state index in [9.17, 15) is 4.39 Å². The van der Waals surface area contributed by atoms with Crippen LogP contribution < -0.4 is 5.32 Å². The van der Waals surface area contributed by atoms with E-state index in [2.05, 4.69) is 39.3 Å². The molecule has 1 aromatic carbocycles. The number of halogens is 2. The van der Waals surface area contributed by atoms with Crippen LogP contribution in [0.5, 0.6) is 0 Å². The topological polar surface area (TPSA) is 58.4 Å². The second kappa shape index (κ2) is 7.40. The monoisotopic (exact) mass is 388 g/mol. The highest BCUT2D eigenvalue weighted by molar-refractivity contribution is 6.30. The Balaban J connectivity index is 1.57. The zero-order chi connectivity index (χ0) is 19.0. The molecule has 142 valence electrons. The van der Waals surface area contributed by atoms with Crippen molar-refractivity contribution in [2.45, 2.75) is 25.8 Å². The number of hydrogen-bond acceptors (Lipinski definition) is 5. The molecule has 6 nitrogen and oxygen atoms in total. The van der Waals surface area contributed by atoms with Gasteiger partial charge in [0, 0.05) is 24.3 Å². The van der Waals surface area contributed by atoms with Crippen molar-refractivity contribution in [1.29, 1.82) is 0 Å². The molecule has 1 fully saturated rings. The maximum atomic E-state index is 14.0. The summed E-state index contributed by atoms with van der Waals surface area (Å²) in [5.74, 6) is 1.45. The summed E-state index contributed by atoms with van der Waals surface area (Å²) in [5.41, 5.74) is 1.93. The van der Waals surface area contributed by atoms with Gasteiger partial charge in [0.05, 0.1) is 5.02 Å². The van der Waals surface area contributed by atoms with Gasteiger partial charge < -0.3 is 5.32 Å². The molecular formula is C19H22ClFN6. The van der Waals surface area contributed by atoms with Gasteiger partial charge in [-0.25, -0.2) is 9.37 Å². The molecule has 8 heteroatoms. The lowest BCUT2D eigenvalue weighted by Crippen LogP contribution is -2.25. The maximum Gasteiger partial charge on any atom is 0.254 e. The molecule has 3 aromatic rings. The number of aromatic nitrogens is 4. The van der Waals surface area contributed by atoms with E-state index in [4.69, 9.17) is 11.6 Å². The molecule has 1 aliphatic heterocycles. The van der Waals surface area contributed by atoms with Crippen LogP contribution >= 0.6 is 11.6 Å². The summed E-state index contributed by atoms with van der Waals surface area (Å²) in [6.07, 6.45) is 3.37. The lowest BCUT2D eigenvalue weighted by atomic mass is 9.93. The number of fused-ring (bicyclic) bond motifs is 1. The Morgan fingerprint density at radius 3 is 2.96 bits per heavy atom. The van der Waals surface area contributed by atoms with Crippen molar-refractivity contribution in [3.63, 3.8) is 0 Å². The predicted octanol–water partition coefficient (Wildman–Crippen LogP) is 3.58. The first-order chi connectivity index (χ1) is 13.1. The fourth-order valence-corrected chi connectivity index (χ4v) is 3.98. The summed E-state index contributed by atoms with van der Waals surface area (Å²) in [4.78, 5) is 10.9. The predicted molar refractivity (Wildman–Crippen MR) is 104 cm³/mol. The van der Waals surface area contributed by atoms with Crippen LogP contribution in [0, 0.1) is 11.7 Å². The lowest BCUT2D eigenvalue weighted by molar-refractivity contribution is 0.281. The van der Waals surface area contributed by atoms with Gasteiger partial charge in [-0.05, 0) is 50.0 Å². The fourth-order valence-electron chi connectivity index (χ4n) is 3.87. The van der Waals surface area contributed by atoms with E-state index in [1.165, 1.54) is 6.33 Å². The fraction of sp³-hybridized carbons (Fsp3) is 0.421. The van der Waals surface area contributed by atoms with Crippen LogP contribution in [-0.2, 0) is 6.42 Å². The average molecular weight is 389 g/mol. The van der Waals surface area contributed by atoms with Gasteiger partial charge in [0.1, 0.15) is 18.0 Å². The minimum absolute atomic E-state index is 0.142. The van der Waals surface area contributed by atoms with Gasteiger partial charge in [0.15, 0.2) is 0 Å². The van der Waals surface area contributed by atoms with Gasteiger partial charge in [-0.3, -0.25) is 4.90 Å². The third-order valence-electron chi connectivity index (χ3n) is 5.27. The summed E-state index contributed by atoms with van der Waals surface area (Å²) in [7, 11) is 2.08. The SMILES string of the molecule is CCc1cc(NCC2CCN(C)C2c2ccc(Cl)c(F)c2)n2ncnc2n1. The van der Waals surface area contributed by atoms with E-state index >= 15 is 0 Å². The molecule has 0 amide bonds. The van der Waals surface area contributed by atoms with Crippen molar-refractivity contribution < 1.29 is 4.39 Å². The molecule has 1 saturated heterocycles. The number of likely N-dealkylation sites (tertiary alicyclic amines) is 1. The number of rotatable bonds is 5. The minimum atomic E-state index is -0.368. The molecule has 1 N–H and O–H groups in total. The third kappa shape index (κ3) is 3.49. The first-order valence-corrected chi connectivity index (χ1v) is 9.53. The van der Waals surface area contributed by atoms with Gasteiger partial charge in [0.25, 0.3) is 5.78 Å². The van der Waals surface area contributed by atoms with Crippen LogP contribution in [0.15, 0.2) is 30.6 Å².